The molecule has 1 aromatic heterocycles. The maximum Gasteiger partial charge on any atom is 0.132 e. The van der Waals surface area contributed by atoms with Gasteiger partial charge in [-0.25, -0.2) is 0 Å². The molecule has 10 aromatic carbocycles. The monoisotopic (exact) mass is 831 g/mol. The highest BCUT2D eigenvalue weighted by Crippen LogP contribution is 2.62. The number of anilines is 4. The molecule has 1 spiro atoms. The summed E-state index contributed by atoms with van der Waals surface area (Å²) in [5.74, 6) is 1.69. The molecule has 0 saturated carbocycles. The summed E-state index contributed by atoms with van der Waals surface area (Å²) in [6, 6.07) is 84.9. The second kappa shape index (κ2) is 14.8. The van der Waals surface area contributed by atoms with Gasteiger partial charge in [0, 0.05) is 55.9 Å². The zero-order valence-corrected chi connectivity index (χ0v) is 35.4. The van der Waals surface area contributed by atoms with Crippen LogP contribution in [0.1, 0.15) is 22.3 Å². The van der Waals surface area contributed by atoms with Crippen molar-refractivity contribution in [2.45, 2.75) is 5.41 Å². The normalized spacial score (nSPS) is 12.9. The van der Waals surface area contributed by atoms with Crippen LogP contribution in [0.5, 0.6) is 11.5 Å². The van der Waals surface area contributed by atoms with Crippen molar-refractivity contribution in [3.63, 3.8) is 0 Å². The van der Waals surface area contributed by atoms with Crippen LogP contribution in [0.15, 0.2) is 237 Å². The van der Waals surface area contributed by atoms with Crippen LogP contribution in [0.4, 0.5) is 22.7 Å². The summed E-state index contributed by atoms with van der Waals surface area (Å²) in [7, 11) is 0. The second-order valence-electron chi connectivity index (χ2n) is 17.0. The topological polar surface area (TPSA) is 38.2 Å². The van der Waals surface area contributed by atoms with Gasteiger partial charge in [0.25, 0.3) is 0 Å². The Kier molecular flexibility index (Phi) is 8.40. The lowest BCUT2D eigenvalue weighted by Gasteiger charge is -2.40. The Morgan fingerprint density at radius 2 is 0.846 bits per heavy atom. The summed E-state index contributed by atoms with van der Waals surface area (Å²) in [4.78, 5) is 0. The van der Waals surface area contributed by atoms with Gasteiger partial charge in [-0.15, -0.1) is 0 Å². The molecule has 0 radical (unpaired) electrons. The third kappa shape index (κ3) is 5.77. The predicted octanol–water partition coefficient (Wildman–Crippen LogP) is 16.1. The van der Waals surface area contributed by atoms with Crippen LogP contribution in [0.25, 0.3) is 60.9 Å². The number of nitrogens with one attached hydrogen (secondary N) is 2. The minimum atomic E-state index is -0.655. The fourth-order valence-electron chi connectivity index (χ4n) is 10.7. The molecule has 306 valence electrons. The Morgan fingerprint density at radius 3 is 1.55 bits per heavy atom. The first-order valence-electron chi connectivity index (χ1n) is 22.3. The molecule has 0 atom stereocenters. The maximum atomic E-state index is 6.95. The number of hydrogen-bond acceptors (Lipinski definition) is 3. The standard InChI is InChI=1S/C61H41N3O/c1-3-17-40(18-4-1)45-21-7-8-22-46(45)49-25-11-15-29-56(49)63-43-33-36-60-55(39-43)61(52-27-13-9-23-47(52)48-24-10-14-28-53(48)61)54-38-42(32-35-59(54)65-60)62-41-31-34-58-51(37-41)50-26-12-16-30-57(50)64(58)44-19-5-2-6-20-44/h1-39,62-63H. The van der Waals surface area contributed by atoms with E-state index in [2.05, 4.69) is 252 Å². The Hall–Kier alpha value is -8.60. The SMILES string of the molecule is c1ccc(-c2ccccc2-c2ccccc2Nc2ccc3c(c2)C2(c4cc(Nc5ccc6c(c5)c5ccccc5n6-c5ccccc5)ccc4O3)c3ccccc3-c3ccccc32)cc1. The molecule has 0 unspecified atom stereocenters. The Bertz CT molecular complexity index is 3600. The molecule has 2 aliphatic rings. The third-order valence-electron chi connectivity index (χ3n) is 13.4. The zero-order valence-electron chi connectivity index (χ0n) is 35.4. The number of benzene rings is 10. The molecule has 13 rings (SSSR count). The minimum absolute atomic E-state index is 0.655. The zero-order chi connectivity index (χ0) is 42.9. The lowest BCUT2D eigenvalue weighted by atomic mass is 9.66. The van der Waals surface area contributed by atoms with Crippen molar-refractivity contribution in [1.29, 1.82) is 0 Å². The fourth-order valence-corrected chi connectivity index (χ4v) is 10.7. The van der Waals surface area contributed by atoms with Crippen molar-refractivity contribution in [1.82, 2.24) is 4.57 Å². The van der Waals surface area contributed by atoms with Crippen molar-refractivity contribution in [2.24, 2.45) is 0 Å². The minimum Gasteiger partial charge on any atom is -0.457 e. The van der Waals surface area contributed by atoms with Crippen molar-refractivity contribution in [3.05, 3.63) is 259 Å². The van der Waals surface area contributed by atoms with Crippen molar-refractivity contribution in [3.8, 4) is 50.6 Å². The Balaban J connectivity index is 0.945. The van der Waals surface area contributed by atoms with E-state index in [0.29, 0.717) is 0 Å². The highest BCUT2D eigenvalue weighted by Gasteiger charge is 2.51. The smallest absolute Gasteiger partial charge is 0.132 e. The number of fused-ring (bicyclic) bond motifs is 12. The van der Waals surface area contributed by atoms with Crippen LogP contribution < -0.4 is 15.4 Å². The van der Waals surface area contributed by atoms with E-state index in [1.54, 1.807) is 0 Å². The molecule has 2 N–H and O–H groups in total. The van der Waals surface area contributed by atoms with Crippen molar-refractivity contribution < 1.29 is 4.74 Å². The largest absolute Gasteiger partial charge is 0.457 e. The predicted molar refractivity (Wildman–Crippen MR) is 268 cm³/mol. The molecule has 0 bridgehead atoms. The number of aromatic nitrogens is 1. The molecule has 11 aromatic rings. The highest BCUT2D eigenvalue weighted by molar-refractivity contribution is 6.10. The van der Waals surface area contributed by atoms with Crippen LogP contribution in [-0.4, -0.2) is 4.57 Å². The van der Waals surface area contributed by atoms with E-state index in [0.717, 1.165) is 56.6 Å². The summed E-state index contributed by atoms with van der Waals surface area (Å²) in [5, 5.41) is 10.2. The molecular formula is C61H41N3O. The molecule has 2 heterocycles. The molecule has 65 heavy (non-hydrogen) atoms. The molecule has 4 nitrogen and oxygen atoms in total. The van der Waals surface area contributed by atoms with Crippen LogP contribution in [0, 0.1) is 0 Å². The van der Waals surface area contributed by atoms with Gasteiger partial charge >= 0.3 is 0 Å². The molecule has 0 saturated heterocycles. The Labute approximate surface area is 377 Å². The number of hydrogen-bond donors (Lipinski definition) is 2. The maximum absolute atomic E-state index is 6.95. The van der Waals surface area contributed by atoms with E-state index >= 15 is 0 Å². The van der Waals surface area contributed by atoms with Gasteiger partial charge in [-0.2, -0.15) is 0 Å². The number of nitrogens with zero attached hydrogens (tertiary/aromatic N) is 1. The average Bonchev–Trinajstić information content (AvgIpc) is 3.86. The highest BCUT2D eigenvalue weighted by atomic mass is 16.5. The van der Waals surface area contributed by atoms with Crippen LogP contribution in [0.3, 0.4) is 0 Å². The van der Waals surface area contributed by atoms with Gasteiger partial charge < -0.3 is 19.9 Å². The van der Waals surface area contributed by atoms with E-state index in [-0.39, 0.29) is 0 Å². The van der Waals surface area contributed by atoms with Crippen LogP contribution in [0.2, 0.25) is 0 Å². The van der Waals surface area contributed by atoms with Crippen molar-refractivity contribution >= 4 is 44.6 Å². The van der Waals surface area contributed by atoms with E-state index in [4.69, 9.17) is 4.74 Å². The van der Waals surface area contributed by atoms with Gasteiger partial charge in [-0.05, 0) is 118 Å². The Morgan fingerprint density at radius 1 is 0.338 bits per heavy atom. The molecule has 1 aliphatic carbocycles. The van der Waals surface area contributed by atoms with E-state index in [1.165, 1.54) is 60.8 Å². The number of rotatable bonds is 7. The summed E-state index contributed by atoms with van der Waals surface area (Å²) < 4.78 is 9.31. The number of ether oxygens (including phenoxy) is 1. The summed E-state index contributed by atoms with van der Waals surface area (Å²) in [6.07, 6.45) is 0. The second-order valence-corrected chi connectivity index (χ2v) is 17.0. The lowest BCUT2D eigenvalue weighted by Crippen LogP contribution is -2.32. The molecule has 0 amide bonds. The first-order valence-corrected chi connectivity index (χ1v) is 22.3. The van der Waals surface area contributed by atoms with Gasteiger partial charge in [-0.1, -0.05) is 158 Å². The van der Waals surface area contributed by atoms with E-state index in [1.807, 2.05) is 0 Å². The average molecular weight is 832 g/mol. The van der Waals surface area contributed by atoms with Crippen LogP contribution in [-0.2, 0) is 5.41 Å². The van der Waals surface area contributed by atoms with Crippen molar-refractivity contribution in [2.75, 3.05) is 10.6 Å². The van der Waals surface area contributed by atoms with Gasteiger partial charge in [0.1, 0.15) is 11.5 Å². The lowest BCUT2D eigenvalue weighted by molar-refractivity contribution is 0.436. The first-order chi connectivity index (χ1) is 32.2. The van der Waals surface area contributed by atoms with Gasteiger partial charge in [0.2, 0.25) is 0 Å². The fraction of sp³-hybridized carbons (Fsp3) is 0.0164. The van der Waals surface area contributed by atoms with Gasteiger partial charge in [-0.3, -0.25) is 0 Å². The van der Waals surface area contributed by atoms with E-state index < -0.39 is 5.41 Å². The summed E-state index contributed by atoms with van der Waals surface area (Å²) in [5.41, 5.74) is 18.7. The van der Waals surface area contributed by atoms with Gasteiger partial charge in [0.15, 0.2) is 0 Å². The number of para-hydroxylation sites is 3. The molecular weight excluding hydrogens is 791 g/mol. The molecule has 4 heteroatoms. The van der Waals surface area contributed by atoms with E-state index in [9.17, 15) is 0 Å². The van der Waals surface area contributed by atoms with Gasteiger partial charge in [0.05, 0.1) is 16.4 Å². The summed E-state index contributed by atoms with van der Waals surface area (Å²) in [6.45, 7) is 0. The quantitative estimate of drug-likeness (QED) is 0.168. The molecule has 0 fully saturated rings. The van der Waals surface area contributed by atoms with Crippen LogP contribution >= 0.6 is 0 Å². The third-order valence-corrected chi connectivity index (χ3v) is 13.4. The molecule has 1 aliphatic heterocycles. The summed E-state index contributed by atoms with van der Waals surface area (Å²) >= 11 is 0. The first kappa shape index (κ1) is 37.0.